The largest absolute Gasteiger partial charge is 0.484 e. The van der Waals surface area contributed by atoms with Crippen molar-refractivity contribution in [3.63, 3.8) is 0 Å². The average Bonchev–Trinajstić information content (AvgIpc) is 2.83. The smallest absolute Gasteiger partial charge is 0.422 e. The highest BCUT2D eigenvalue weighted by Gasteiger charge is 2.28. The Labute approximate surface area is 122 Å². The summed E-state index contributed by atoms with van der Waals surface area (Å²) in [7, 11) is 0. The van der Waals surface area contributed by atoms with Gasteiger partial charge in [-0.15, -0.1) is 5.10 Å². The van der Waals surface area contributed by atoms with Crippen molar-refractivity contribution >= 4 is 29.1 Å². The quantitative estimate of drug-likeness (QED) is 0.684. The second kappa shape index (κ2) is 6.61. The van der Waals surface area contributed by atoms with Crippen LogP contribution < -0.4 is 10.1 Å². The maximum absolute atomic E-state index is 12.0. The summed E-state index contributed by atoms with van der Waals surface area (Å²) >= 11 is 1.25. The van der Waals surface area contributed by atoms with Gasteiger partial charge in [0.1, 0.15) is 5.75 Å². The molecule has 1 aromatic rings. The molecule has 9 heteroatoms. The number of ether oxygens (including phenoxy) is 1. The standard InChI is InChI=1S/C12H10F3N3O2S/c13-12(14,15)7-20-9-3-1-8(2-4-9)5-16-18-11-17-10(19)6-21-11/h1-5H,6-7H2,(H,17,18,19). The van der Waals surface area contributed by atoms with Crippen LogP contribution >= 0.6 is 11.8 Å². The highest BCUT2D eigenvalue weighted by atomic mass is 32.2. The summed E-state index contributed by atoms with van der Waals surface area (Å²) in [6.45, 7) is -1.33. The van der Waals surface area contributed by atoms with Gasteiger partial charge >= 0.3 is 6.18 Å². The molecule has 0 spiro atoms. The van der Waals surface area contributed by atoms with Gasteiger partial charge in [0.2, 0.25) is 5.91 Å². The van der Waals surface area contributed by atoms with Gasteiger partial charge in [0, 0.05) is 0 Å². The summed E-state index contributed by atoms with van der Waals surface area (Å²) in [5.41, 5.74) is 0.646. The summed E-state index contributed by atoms with van der Waals surface area (Å²) in [5, 5.41) is 10.5. The monoisotopic (exact) mass is 317 g/mol. The SMILES string of the molecule is O=C1CSC(=NN=Cc2ccc(OCC(F)(F)F)cc2)N1. The van der Waals surface area contributed by atoms with Crippen LogP contribution in [-0.4, -0.2) is 35.8 Å². The molecule has 1 aromatic carbocycles. The lowest BCUT2D eigenvalue weighted by Crippen LogP contribution is -2.19. The van der Waals surface area contributed by atoms with Crippen molar-refractivity contribution in [3.8, 4) is 5.75 Å². The van der Waals surface area contributed by atoms with Crippen LogP contribution in [-0.2, 0) is 4.79 Å². The van der Waals surface area contributed by atoms with Crippen LogP contribution in [0.3, 0.4) is 0 Å². The average molecular weight is 317 g/mol. The minimum Gasteiger partial charge on any atom is -0.484 e. The van der Waals surface area contributed by atoms with Gasteiger partial charge in [0.05, 0.1) is 12.0 Å². The molecule has 0 aliphatic carbocycles. The number of amides is 1. The zero-order valence-electron chi connectivity index (χ0n) is 10.6. The van der Waals surface area contributed by atoms with E-state index in [1.165, 1.54) is 30.1 Å². The van der Waals surface area contributed by atoms with Crippen LogP contribution in [0.2, 0.25) is 0 Å². The van der Waals surface area contributed by atoms with Gasteiger partial charge in [0.25, 0.3) is 0 Å². The van der Waals surface area contributed by atoms with Crippen LogP contribution in [0, 0.1) is 0 Å². The number of nitrogens with zero attached hydrogens (tertiary/aromatic N) is 2. The number of halogens is 3. The molecule has 5 nitrogen and oxygen atoms in total. The molecular weight excluding hydrogens is 307 g/mol. The molecule has 21 heavy (non-hydrogen) atoms. The Morgan fingerprint density at radius 2 is 2.05 bits per heavy atom. The molecule has 1 N–H and O–H groups in total. The fraction of sp³-hybridized carbons (Fsp3) is 0.250. The number of thioether (sulfide) groups is 1. The molecule has 2 rings (SSSR count). The molecule has 1 fully saturated rings. The zero-order chi connectivity index (χ0) is 15.3. The first-order valence-corrected chi connectivity index (χ1v) is 6.74. The number of nitrogens with one attached hydrogen (secondary N) is 1. The van der Waals surface area contributed by atoms with E-state index in [-0.39, 0.29) is 11.7 Å². The molecule has 1 aliphatic heterocycles. The maximum atomic E-state index is 12.0. The van der Waals surface area contributed by atoms with Gasteiger partial charge in [-0.05, 0) is 29.8 Å². The second-order valence-electron chi connectivity index (χ2n) is 3.96. The number of rotatable bonds is 4. The lowest BCUT2D eigenvalue weighted by atomic mass is 10.2. The van der Waals surface area contributed by atoms with Gasteiger partial charge in [-0.1, -0.05) is 11.8 Å². The van der Waals surface area contributed by atoms with Crippen molar-refractivity contribution in [1.82, 2.24) is 5.32 Å². The lowest BCUT2D eigenvalue weighted by molar-refractivity contribution is -0.153. The first-order valence-electron chi connectivity index (χ1n) is 5.76. The Morgan fingerprint density at radius 1 is 1.33 bits per heavy atom. The number of alkyl halides is 3. The molecule has 1 aliphatic rings. The highest BCUT2D eigenvalue weighted by molar-refractivity contribution is 8.15. The third kappa shape index (κ3) is 5.46. The molecule has 1 amide bonds. The second-order valence-corrected chi connectivity index (χ2v) is 4.92. The molecule has 0 saturated carbocycles. The van der Waals surface area contributed by atoms with Crippen molar-refractivity contribution in [2.45, 2.75) is 6.18 Å². The minimum atomic E-state index is -4.36. The third-order valence-electron chi connectivity index (χ3n) is 2.22. The van der Waals surface area contributed by atoms with Gasteiger partial charge in [0.15, 0.2) is 11.8 Å². The van der Waals surface area contributed by atoms with Crippen molar-refractivity contribution in [2.24, 2.45) is 10.2 Å². The van der Waals surface area contributed by atoms with Crippen LogP contribution in [0.5, 0.6) is 5.75 Å². The molecule has 0 atom stereocenters. The topological polar surface area (TPSA) is 63.0 Å². The van der Waals surface area contributed by atoms with E-state index in [0.29, 0.717) is 16.5 Å². The summed E-state index contributed by atoms with van der Waals surface area (Å²) in [6.07, 6.45) is -2.94. The maximum Gasteiger partial charge on any atom is 0.422 e. The number of benzene rings is 1. The number of hydrogen-bond donors (Lipinski definition) is 1. The summed E-state index contributed by atoms with van der Waals surface area (Å²) in [4.78, 5) is 10.9. The van der Waals surface area contributed by atoms with E-state index in [1.54, 1.807) is 12.1 Å². The highest BCUT2D eigenvalue weighted by Crippen LogP contribution is 2.18. The lowest BCUT2D eigenvalue weighted by Gasteiger charge is -2.08. The van der Waals surface area contributed by atoms with E-state index in [0.717, 1.165) is 0 Å². The van der Waals surface area contributed by atoms with E-state index in [1.807, 2.05) is 0 Å². The van der Waals surface area contributed by atoms with Gasteiger partial charge in [-0.3, -0.25) is 4.79 Å². The molecular formula is C12H10F3N3O2S. The van der Waals surface area contributed by atoms with E-state index < -0.39 is 12.8 Å². The Balaban J connectivity index is 1.89. The molecule has 0 aromatic heterocycles. The normalized spacial score (nSPS) is 17.5. The zero-order valence-corrected chi connectivity index (χ0v) is 11.4. The Kier molecular flexibility index (Phi) is 4.84. The summed E-state index contributed by atoms with van der Waals surface area (Å²) < 4.78 is 40.5. The predicted octanol–water partition coefficient (Wildman–Crippen LogP) is 2.18. The van der Waals surface area contributed by atoms with E-state index >= 15 is 0 Å². The van der Waals surface area contributed by atoms with Crippen molar-refractivity contribution in [3.05, 3.63) is 29.8 Å². The molecule has 0 bridgehead atoms. The molecule has 1 heterocycles. The van der Waals surface area contributed by atoms with Gasteiger partial charge in [-0.2, -0.15) is 18.3 Å². The van der Waals surface area contributed by atoms with E-state index in [4.69, 9.17) is 0 Å². The van der Waals surface area contributed by atoms with Crippen LogP contribution in [0.15, 0.2) is 34.5 Å². The number of amidine groups is 1. The molecule has 1 saturated heterocycles. The fourth-order valence-electron chi connectivity index (χ4n) is 1.34. The van der Waals surface area contributed by atoms with E-state index in [9.17, 15) is 18.0 Å². The van der Waals surface area contributed by atoms with Crippen LogP contribution in [0.4, 0.5) is 13.2 Å². The van der Waals surface area contributed by atoms with Crippen molar-refractivity contribution < 1.29 is 22.7 Å². The van der Waals surface area contributed by atoms with Crippen LogP contribution in [0.25, 0.3) is 0 Å². The van der Waals surface area contributed by atoms with Gasteiger partial charge < -0.3 is 10.1 Å². The van der Waals surface area contributed by atoms with E-state index in [2.05, 4.69) is 20.3 Å². The first kappa shape index (κ1) is 15.4. The van der Waals surface area contributed by atoms with Crippen LogP contribution in [0.1, 0.15) is 5.56 Å². The summed E-state index contributed by atoms with van der Waals surface area (Å²) in [6, 6.07) is 5.92. The fourth-order valence-corrected chi connectivity index (χ4v) is 1.97. The Hall–Kier alpha value is -2.03. The Bertz CT molecular complexity index is 570. The molecule has 0 unspecified atom stereocenters. The minimum absolute atomic E-state index is 0.120. The third-order valence-corrected chi connectivity index (χ3v) is 3.09. The van der Waals surface area contributed by atoms with Gasteiger partial charge in [-0.25, -0.2) is 0 Å². The van der Waals surface area contributed by atoms with Crippen molar-refractivity contribution in [1.29, 1.82) is 0 Å². The summed E-state index contributed by atoms with van der Waals surface area (Å²) in [5.74, 6) is 0.314. The molecule has 112 valence electrons. The first-order chi connectivity index (χ1) is 9.92. The predicted molar refractivity (Wildman–Crippen MR) is 73.6 cm³/mol. The Morgan fingerprint density at radius 3 is 2.62 bits per heavy atom. The molecule has 0 radical (unpaired) electrons. The number of carbonyl (C=O) groups excluding carboxylic acids is 1. The number of hydrogen-bond acceptors (Lipinski definition) is 5. The number of carbonyl (C=O) groups is 1. The van der Waals surface area contributed by atoms with Crippen molar-refractivity contribution in [2.75, 3.05) is 12.4 Å².